The molecule has 1 aromatic rings. The van der Waals surface area contributed by atoms with Gasteiger partial charge in [0.2, 0.25) is 0 Å². The third kappa shape index (κ3) is 2.43. The molecule has 2 rings (SSSR count). The summed E-state index contributed by atoms with van der Waals surface area (Å²) in [6, 6.07) is -0.0395. The predicted octanol–water partition coefficient (Wildman–Crippen LogP) is 1.48. The van der Waals surface area contributed by atoms with Gasteiger partial charge in [-0.3, -0.25) is 16.0 Å². The van der Waals surface area contributed by atoms with Crippen LogP contribution in [0.1, 0.15) is 39.4 Å². The summed E-state index contributed by atoms with van der Waals surface area (Å²) in [7, 11) is 1.66. The van der Waals surface area contributed by atoms with Crippen LogP contribution in [-0.2, 0) is 11.3 Å². The molecule has 1 aliphatic heterocycles. The maximum Gasteiger partial charge on any atom is 0.161 e. The largest absolute Gasteiger partial charge is 0.493 e. The van der Waals surface area contributed by atoms with Crippen molar-refractivity contribution in [2.75, 3.05) is 7.11 Å². The number of hydrogen-bond acceptors (Lipinski definition) is 5. The highest BCUT2D eigenvalue weighted by atomic mass is 16.5. The van der Waals surface area contributed by atoms with E-state index in [0.717, 1.165) is 18.0 Å². The molecule has 0 aromatic carbocycles. The second kappa shape index (κ2) is 6.11. The Morgan fingerprint density at radius 1 is 1.45 bits per heavy atom. The first-order valence-electron chi connectivity index (χ1n) is 7.26. The van der Waals surface area contributed by atoms with E-state index in [2.05, 4.69) is 38.2 Å². The molecule has 20 heavy (non-hydrogen) atoms. The minimum atomic E-state index is -0.0395. The van der Waals surface area contributed by atoms with Crippen LogP contribution in [0.25, 0.3) is 0 Å². The number of aryl methyl sites for hydroxylation is 1. The van der Waals surface area contributed by atoms with Gasteiger partial charge in [0.05, 0.1) is 37.3 Å². The number of hydrazine groups is 1. The van der Waals surface area contributed by atoms with Crippen molar-refractivity contribution in [1.82, 2.24) is 15.2 Å². The lowest BCUT2D eigenvalue weighted by molar-refractivity contribution is 0.0470. The van der Waals surface area contributed by atoms with E-state index in [4.69, 9.17) is 15.3 Å². The molecule has 114 valence electrons. The lowest BCUT2D eigenvalue weighted by Crippen LogP contribution is -2.40. The minimum Gasteiger partial charge on any atom is -0.493 e. The number of aromatic nitrogens is 2. The van der Waals surface area contributed by atoms with E-state index in [1.54, 1.807) is 13.3 Å². The van der Waals surface area contributed by atoms with E-state index >= 15 is 0 Å². The van der Waals surface area contributed by atoms with Crippen LogP contribution in [0.15, 0.2) is 6.20 Å². The fraction of sp³-hybridized carbons (Fsp3) is 0.786. The zero-order valence-corrected chi connectivity index (χ0v) is 13.0. The quantitative estimate of drug-likeness (QED) is 0.632. The van der Waals surface area contributed by atoms with Gasteiger partial charge >= 0.3 is 0 Å². The van der Waals surface area contributed by atoms with Crippen LogP contribution in [0.5, 0.6) is 5.75 Å². The molecule has 1 saturated heterocycles. The maximum absolute atomic E-state index is 5.95. The number of nitrogens with one attached hydrogen (secondary N) is 1. The number of nitrogens with zero attached hydrogens (tertiary/aromatic N) is 2. The van der Waals surface area contributed by atoms with Gasteiger partial charge in [0.25, 0.3) is 0 Å². The van der Waals surface area contributed by atoms with E-state index in [0.29, 0.717) is 5.92 Å². The molecule has 0 amide bonds. The van der Waals surface area contributed by atoms with Gasteiger partial charge in [-0.2, -0.15) is 5.10 Å². The average molecular weight is 282 g/mol. The Balaban J connectivity index is 2.40. The SMILES string of the molecule is CCn1ncc(OC)c1C(NN)C1C(C)OC(C)C1C. The van der Waals surface area contributed by atoms with Crippen LogP contribution in [0.3, 0.4) is 0 Å². The molecular formula is C14H26N4O2. The molecule has 1 aliphatic rings. The Morgan fingerprint density at radius 3 is 2.60 bits per heavy atom. The first kappa shape index (κ1) is 15.3. The number of rotatable bonds is 5. The molecule has 1 aromatic heterocycles. The Hall–Kier alpha value is -1.11. The van der Waals surface area contributed by atoms with Gasteiger partial charge in [-0.15, -0.1) is 0 Å². The highest BCUT2D eigenvalue weighted by Crippen LogP contribution is 2.42. The first-order chi connectivity index (χ1) is 9.54. The lowest BCUT2D eigenvalue weighted by Gasteiger charge is -2.29. The van der Waals surface area contributed by atoms with Gasteiger partial charge in [-0.1, -0.05) is 6.92 Å². The minimum absolute atomic E-state index is 0.0395. The summed E-state index contributed by atoms with van der Waals surface area (Å²) in [6.07, 6.45) is 2.12. The Bertz CT molecular complexity index is 427. The molecule has 5 unspecified atom stereocenters. The second-order valence-electron chi connectivity index (χ2n) is 5.54. The molecule has 6 heteroatoms. The third-order valence-electron chi connectivity index (χ3n) is 4.54. The van der Waals surface area contributed by atoms with E-state index in [1.165, 1.54) is 0 Å². The fourth-order valence-corrected chi connectivity index (χ4v) is 3.34. The zero-order valence-electron chi connectivity index (χ0n) is 13.0. The van der Waals surface area contributed by atoms with E-state index in [1.807, 2.05) is 4.68 Å². The molecule has 0 saturated carbocycles. The molecule has 0 bridgehead atoms. The highest BCUT2D eigenvalue weighted by Gasteiger charge is 2.43. The Labute approximate surface area is 120 Å². The van der Waals surface area contributed by atoms with Gasteiger partial charge < -0.3 is 9.47 Å². The van der Waals surface area contributed by atoms with Gasteiger partial charge in [-0.05, 0) is 26.7 Å². The molecule has 5 atom stereocenters. The number of ether oxygens (including phenoxy) is 2. The van der Waals surface area contributed by atoms with Crippen LogP contribution in [0.4, 0.5) is 0 Å². The zero-order chi connectivity index (χ0) is 14.9. The van der Waals surface area contributed by atoms with Crippen LogP contribution >= 0.6 is 0 Å². The van der Waals surface area contributed by atoms with Crippen molar-refractivity contribution >= 4 is 0 Å². The molecule has 2 heterocycles. The smallest absolute Gasteiger partial charge is 0.161 e. The molecule has 3 N–H and O–H groups in total. The summed E-state index contributed by atoms with van der Waals surface area (Å²) in [5, 5.41) is 4.37. The first-order valence-corrected chi connectivity index (χ1v) is 7.26. The molecule has 0 spiro atoms. The average Bonchev–Trinajstić information content (AvgIpc) is 2.95. The third-order valence-corrected chi connectivity index (χ3v) is 4.54. The molecule has 1 fully saturated rings. The summed E-state index contributed by atoms with van der Waals surface area (Å²) in [5.41, 5.74) is 3.96. The van der Waals surface area contributed by atoms with Crippen molar-refractivity contribution in [3.63, 3.8) is 0 Å². The summed E-state index contributed by atoms with van der Waals surface area (Å²) < 4.78 is 13.3. The van der Waals surface area contributed by atoms with Crippen LogP contribution < -0.4 is 16.0 Å². The van der Waals surface area contributed by atoms with Gasteiger partial charge in [-0.25, -0.2) is 0 Å². The van der Waals surface area contributed by atoms with Crippen molar-refractivity contribution in [2.45, 2.75) is 52.5 Å². The topological polar surface area (TPSA) is 74.3 Å². The lowest BCUT2D eigenvalue weighted by atomic mass is 9.82. The standard InChI is InChI=1S/C14H26N4O2/c1-6-18-14(11(19-5)7-16-18)13(17-15)12-8(2)9(3)20-10(12)4/h7-10,12-13,17H,6,15H2,1-5H3. The summed E-state index contributed by atoms with van der Waals surface area (Å²) in [5.74, 6) is 7.33. The molecule has 0 aliphatic carbocycles. The van der Waals surface area contributed by atoms with E-state index < -0.39 is 0 Å². The maximum atomic E-state index is 5.95. The van der Waals surface area contributed by atoms with Crippen molar-refractivity contribution in [3.05, 3.63) is 11.9 Å². The van der Waals surface area contributed by atoms with E-state index in [-0.39, 0.29) is 24.2 Å². The summed E-state index contributed by atoms with van der Waals surface area (Å²) in [6.45, 7) is 9.27. The van der Waals surface area contributed by atoms with E-state index in [9.17, 15) is 0 Å². The summed E-state index contributed by atoms with van der Waals surface area (Å²) in [4.78, 5) is 0. The van der Waals surface area contributed by atoms with Crippen molar-refractivity contribution in [3.8, 4) is 5.75 Å². The van der Waals surface area contributed by atoms with Crippen LogP contribution in [0, 0.1) is 11.8 Å². The molecular weight excluding hydrogens is 256 g/mol. The number of nitrogens with two attached hydrogens (primary N) is 1. The van der Waals surface area contributed by atoms with Crippen molar-refractivity contribution in [1.29, 1.82) is 0 Å². The molecule has 0 radical (unpaired) electrons. The number of hydrogen-bond donors (Lipinski definition) is 2. The Kier molecular flexibility index (Phi) is 4.67. The Morgan fingerprint density at radius 2 is 2.15 bits per heavy atom. The fourth-order valence-electron chi connectivity index (χ4n) is 3.34. The van der Waals surface area contributed by atoms with Crippen molar-refractivity contribution < 1.29 is 9.47 Å². The van der Waals surface area contributed by atoms with Crippen molar-refractivity contribution in [2.24, 2.45) is 17.7 Å². The highest BCUT2D eigenvalue weighted by molar-refractivity contribution is 5.29. The monoisotopic (exact) mass is 282 g/mol. The second-order valence-corrected chi connectivity index (χ2v) is 5.54. The summed E-state index contributed by atoms with van der Waals surface area (Å²) >= 11 is 0. The van der Waals surface area contributed by atoms with Gasteiger partial charge in [0.1, 0.15) is 0 Å². The molecule has 6 nitrogen and oxygen atoms in total. The van der Waals surface area contributed by atoms with Crippen LogP contribution in [0.2, 0.25) is 0 Å². The number of methoxy groups -OCH3 is 1. The predicted molar refractivity (Wildman–Crippen MR) is 77.2 cm³/mol. The van der Waals surface area contributed by atoms with Crippen LogP contribution in [-0.4, -0.2) is 29.1 Å². The van der Waals surface area contributed by atoms with Gasteiger partial charge in [0, 0.05) is 12.5 Å². The van der Waals surface area contributed by atoms with Gasteiger partial charge in [0.15, 0.2) is 5.75 Å². The normalized spacial score (nSPS) is 31.5.